The summed E-state index contributed by atoms with van der Waals surface area (Å²) >= 11 is 0. The zero-order valence-corrected chi connectivity index (χ0v) is 11.9. The Labute approximate surface area is 114 Å². The summed E-state index contributed by atoms with van der Waals surface area (Å²) in [5.74, 6) is 0.784. The average molecular weight is 266 g/mol. The van der Waals surface area contributed by atoms with Gasteiger partial charge >= 0.3 is 6.03 Å². The number of aliphatic hydroxyl groups is 1. The number of hydrogen-bond acceptors (Lipinski definition) is 3. The number of nitrogens with one attached hydrogen (secondary N) is 2. The summed E-state index contributed by atoms with van der Waals surface area (Å²) in [4.78, 5) is 11.8. The van der Waals surface area contributed by atoms with Gasteiger partial charge in [0.1, 0.15) is 5.75 Å². The number of amides is 2. The number of ether oxygens (including phenoxy) is 1. The van der Waals surface area contributed by atoms with E-state index in [1.54, 1.807) is 13.2 Å². The van der Waals surface area contributed by atoms with Crippen LogP contribution in [0.25, 0.3) is 0 Å². The molecule has 0 radical (unpaired) electrons. The van der Waals surface area contributed by atoms with Crippen LogP contribution in [-0.2, 0) is 0 Å². The van der Waals surface area contributed by atoms with Crippen LogP contribution in [0.3, 0.4) is 0 Å². The third-order valence-electron chi connectivity index (χ3n) is 2.84. The molecule has 1 aromatic carbocycles. The first-order valence-electron chi connectivity index (χ1n) is 6.22. The maximum absolute atomic E-state index is 11.8. The molecule has 0 saturated heterocycles. The largest absolute Gasteiger partial charge is 0.496 e. The Balaban J connectivity index is 2.64. The molecule has 0 unspecified atom stereocenters. The van der Waals surface area contributed by atoms with E-state index in [2.05, 4.69) is 10.6 Å². The Kier molecular flexibility index (Phi) is 5.18. The molecular formula is C14H22N2O3. The van der Waals surface area contributed by atoms with Gasteiger partial charge in [-0.25, -0.2) is 4.79 Å². The molecule has 3 N–H and O–H groups in total. The van der Waals surface area contributed by atoms with Crippen LogP contribution in [0.2, 0.25) is 0 Å². The van der Waals surface area contributed by atoms with Crippen LogP contribution in [0.4, 0.5) is 10.5 Å². The summed E-state index contributed by atoms with van der Waals surface area (Å²) in [7, 11) is 1.61. The second kappa shape index (κ2) is 6.43. The normalized spacial score (nSPS) is 11.0. The molecular weight excluding hydrogens is 244 g/mol. The van der Waals surface area contributed by atoms with E-state index in [0.717, 1.165) is 11.3 Å². The van der Waals surface area contributed by atoms with Crippen molar-refractivity contribution < 1.29 is 14.6 Å². The molecule has 5 nitrogen and oxygen atoms in total. The summed E-state index contributed by atoms with van der Waals surface area (Å²) in [6.45, 7) is 5.68. The van der Waals surface area contributed by atoms with Crippen molar-refractivity contribution in [2.45, 2.75) is 32.7 Å². The van der Waals surface area contributed by atoms with Crippen LogP contribution >= 0.6 is 0 Å². The highest BCUT2D eigenvalue weighted by Gasteiger charge is 2.19. The van der Waals surface area contributed by atoms with Crippen LogP contribution in [0.15, 0.2) is 18.2 Å². The molecule has 2 amide bonds. The van der Waals surface area contributed by atoms with Crippen molar-refractivity contribution in [3.05, 3.63) is 23.8 Å². The maximum Gasteiger partial charge on any atom is 0.319 e. The number of hydrogen-bond donors (Lipinski definition) is 3. The molecule has 1 aromatic rings. The van der Waals surface area contributed by atoms with E-state index in [9.17, 15) is 4.79 Å². The number of aliphatic hydroxyl groups excluding tert-OH is 1. The average Bonchev–Trinajstić information content (AvgIpc) is 2.27. The minimum atomic E-state index is -0.444. The first-order chi connectivity index (χ1) is 8.88. The maximum atomic E-state index is 11.8. The molecule has 1 rings (SSSR count). The van der Waals surface area contributed by atoms with Crippen molar-refractivity contribution in [1.29, 1.82) is 0 Å². The fourth-order valence-corrected chi connectivity index (χ4v) is 1.77. The van der Waals surface area contributed by atoms with Crippen molar-refractivity contribution in [3.8, 4) is 5.75 Å². The van der Waals surface area contributed by atoms with Crippen LogP contribution in [-0.4, -0.2) is 30.4 Å². The molecule has 19 heavy (non-hydrogen) atoms. The highest BCUT2D eigenvalue weighted by molar-refractivity contribution is 5.89. The van der Waals surface area contributed by atoms with Gasteiger partial charge in [-0.2, -0.15) is 0 Å². The van der Waals surface area contributed by atoms with Crippen molar-refractivity contribution in [2.75, 3.05) is 19.0 Å². The lowest BCUT2D eigenvalue weighted by Gasteiger charge is -2.25. The van der Waals surface area contributed by atoms with Crippen LogP contribution in [0, 0.1) is 6.92 Å². The van der Waals surface area contributed by atoms with E-state index < -0.39 is 5.54 Å². The third-order valence-corrected chi connectivity index (χ3v) is 2.84. The van der Waals surface area contributed by atoms with E-state index in [0.29, 0.717) is 12.1 Å². The first kappa shape index (κ1) is 15.3. The van der Waals surface area contributed by atoms with Gasteiger partial charge < -0.3 is 20.5 Å². The molecule has 5 heteroatoms. The summed E-state index contributed by atoms with van der Waals surface area (Å²) in [6, 6.07) is 5.15. The Morgan fingerprint density at radius 1 is 1.42 bits per heavy atom. The lowest BCUT2D eigenvalue weighted by molar-refractivity contribution is 0.218. The molecule has 0 atom stereocenters. The molecule has 0 bridgehead atoms. The SMILES string of the molecule is COc1ccc(NC(=O)NC(C)(C)CCO)cc1C. The van der Waals surface area contributed by atoms with Gasteiger partial charge in [-0.3, -0.25) is 0 Å². The molecule has 0 saturated carbocycles. The number of anilines is 1. The molecule has 106 valence electrons. The summed E-state index contributed by atoms with van der Waals surface area (Å²) < 4.78 is 5.16. The molecule has 0 fully saturated rings. The molecule has 0 aliphatic rings. The Morgan fingerprint density at radius 3 is 2.63 bits per heavy atom. The number of aryl methyl sites for hydroxylation is 1. The molecule has 0 aliphatic heterocycles. The van der Waals surface area contributed by atoms with Gasteiger partial charge in [-0.1, -0.05) is 0 Å². The van der Waals surface area contributed by atoms with Gasteiger partial charge in [-0.05, 0) is 51.0 Å². The van der Waals surface area contributed by atoms with Gasteiger partial charge in [0, 0.05) is 17.8 Å². The Bertz CT molecular complexity index is 444. The van der Waals surface area contributed by atoms with E-state index >= 15 is 0 Å². The number of benzene rings is 1. The standard InChI is InChI=1S/C14H22N2O3/c1-10-9-11(5-6-12(10)19-4)15-13(18)16-14(2,3)7-8-17/h5-6,9,17H,7-8H2,1-4H3,(H2,15,16,18). The lowest BCUT2D eigenvalue weighted by Crippen LogP contribution is -2.46. The van der Waals surface area contributed by atoms with E-state index in [1.807, 2.05) is 32.9 Å². The van der Waals surface area contributed by atoms with Gasteiger partial charge in [0.25, 0.3) is 0 Å². The second-order valence-corrected chi connectivity index (χ2v) is 5.12. The fourth-order valence-electron chi connectivity index (χ4n) is 1.77. The first-order valence-corrected chi connectivity index (χ1v) is 6.22. The summed E-state index contributed by atoms with van der Waals surface area (Å²) in [5, 5.41) is 14.5. The minimum Gasteiger partial charge on any atom is -0.496 e. The highest BCUT2D eigenvalue weighted by atomic mass is 16.5. The molecule has 0 aliphatic carbocycles. The molecule has 0 aromatic heterocycles. The topological polar surface area (TPSA) is 70.6 Å². The second-order valence-electron chi connectivity index (χ2n) is 5.12. The van der Waals surface area contributed by atoms with Crippen LogP contribution < -0.4 is 15.4 Å². The van der Waals surface area contributed by atoms with Crippen molar-refractivity contribution in [3.63, 3.8) is 0 Å². The van der Waals surface area contributed by atoms with Gasteiger partial charge in [0.15, 0.2) is 0 Å². The van der Waals surface area contributed by atoms with Crippen LogP contribution in [0.5, 0.6) is 5.75 Å². The predicted molar refractivity (Wildman–Crippen MR) is 75.7 cm³/mol. The smallest absolute Gasteiger partial charge is 0.319 e. The quantitative estimate of drug-likeness (QED) is 0.765. The lowest BCUT2D eigenvalue weighted by atomic mass is 10.0. The van der Waals surface area contributed by atoms with Gasteiger partial charge in [0.05, 0.1) is 7.11 Å². The van der Waals surface area contributed by atoms with Crippen molar-refractivity contribution >= 4 is 11.7 Å². The summed E-state index contributed by atoms with van der Waals surface area (Å²) in [5.41, 5.74) is 1.21. The third kappa shape index (κ3) is 4.79. The summed E-state index contributed by atoms with van der Waals surface area (Å²) in [6.07, 6.45) is 0.502. The number of carbonyl (C=O) groups is 1. The number of carbonyl (C=O) groups excluding carboxylic acids is 1. The van der Waals surface area contributed by atoms with E-state index in [-0.39, 0.29) is 12.6 Å². The van der Waals surface area contributed by atoms with Crippen molar-refractivity contribution in [1.82, 2.24) is 5.32 Å². The van der Waals surface area contributed by atoms with E-state index in [4.69, 9.17) is 9.84 Å². The Hall–Kier alpha value is -1.75. The van der Waals surface area contributed by atoms with Crippen LogP contribution in [0.1, 0.15) is 25.8 Å². The fraction of sp³-hybridized carbons (Fsp3) is 0.500. The van der Waals surface area contributed by atoms with Crippen molar-refractivity contribution in [2.24, 2.45) is 0 Å². The zero-order valence-electron chi connectivity index (χ0n) is 11.9. The number of methoxy groups -OCH3 is 1. The number of urea groups is 1. The predicted octanol–water partition coefficient (Wildman–Crippen LogP) is 2.29. The van der Waals surface area contributed by atoms with Gasteiger partial charge in [-0.15, -0.1) is 0 Å². The molecule has 0 spiro atoms. The van der Waals surface area contributed by atoms with E-state index in [1.165, 1.54) is 0 Å². The Morgan fingerprint density at radius 2 is 2.11 bits per heavy atom. The zero-order chi connectivity index (χ0) is 14.5. The number of rotatable bonds is 5. The molecule has 0 heterocycles. The monoisotopic (exact) mass is 266 g/mol. The highest BCUT2D eigenvalue weighted by Crippen LogP contribution is 2.21. The minimum absolute atomic E-state index is 0.0366. The van der Waals surface area contributed by atoms with Gasteiger partial charge in [0.2, 0.25) is 0 Å².